The molecule has 4 aliphatic rings. The molecule has 4 aliphatic carbocycles. The van der Waals surface area contributed by atoms with Crippen LogP contribution in [0.4, 0.5) is 0 Å². The van der Waals surface area contributed by atoms with E-state index in [0.29, 0.717) is 5.41 Å². The summed E-state index contributed by atoms with van der Waals surface area (Å²) in [6, 6.07) is 0. The summed E-state index contributed by atoms with van der Waals surface area (Å²) >= 11 is 0. The lowest BCUT2D eigenvalue weighted by Crippen LogP contribution is -2.50. The van der Waals surface area contributed by atoms with E-state index in [9.17, 15) is 5.11 Å². The first kappa shape index (κ1) is 17.6. The summed E-state index contributed by atoms with van der Waals surface area (Å²) in [5, 5.41) is 10.6. The Bertz CT molecular complexity index is 603. The molecule has 0 aromatic carbocycles. The first-order chi connectivity index (χ1) is 11.9. The molecule has 4 rings (SSSR count). The Morgan fingerprint density at radius 2 is 1.92 bits per heavy atom. The molecule has 0 amide bonds. The highest BCUT2D eigenvalue weighted by atomic mass is 16.5. The number of aliphatic hydroxyl groups is 1. The van der Waals surface area contributed by atoms with Crippen LogP contribution in [-0.4, -0.2) is 17.8 Å². The van der Waals surface area contributed by atoms with Gasteiger partial charge in [-0.2, -0.15) is 0 Å². The lowest BCUT2D eigenvalue weighted by Gasteiger charge is -2.57. The molecule has 0 saturated heterocycles. The number of aliphatic hydroxyl groups excluding tert-OH is 1. The van der Waals surface area contributed by atoms with Crippen molar-refractivity contribution in [3.8, 4) is 0 Å². The highest BCUT2D eigenvalue weighted by Gasteiger charge is 2.58. The zero-order valence-electron chi connectivity index (χ0n) is 16.6. The van der Waals surface area contributed by atoms with Crippen molar-refractivity contribution in [1.82, 2.24) is 0 Å². The van der Waals surface area contributed by atoms with E-state index in [4.69, 9.17) is 4.74 Å². The third-order valence-corrected chi connectivity index (χ3v) is 8.64. The number of hydrogen-bond acceptors (Lipinski definition) is 2. The zero-order valence-corrected chi connectivity index (χ0v) is 16.6. The smallest absolute Gasteiger partial charge is 0.0962 e. The van der Waals surface area contributed by atoms with Gasteiger partial charge in [0.15, 0.2) is 0 Å². The fraction of sp³-hybridized carbons (Fsp3) is 0.826. The van der Waals surface area contributed by atoms with Crippen molar-refractivity contribution < 1.29 is 9.84 Å². The third kappa shape index (κ3) is 2.46. The van der Waals surface area contributed by atoms with Crippen molar-refractivity contribution in [2.75, 3.05) is 6.61 Å². The predicted molar refractivity (Wildman–Crippen MR) is 102 cm³/mol. The van der Waals surface area contributed by atoms with Crippen LogP contribution in [0.1, 0.15) is 79.1 Å². The molecule has 6 unspecified atom stereocenters. The van der Waals surface area contributed by atoms with E-state index < -0.39 is 0 Å². The van der Waals surface area contributed by atoms with E-state index in [1.807, 2.05) is 0 Å². The van der Waals surface area contributed by atoms with E-state index in [0.717, 1.165) is 43.6 Å². The van der Waals surface area contributed by atoms with E-state index >= 15 is 0 Å². The van der Waals surface area contributed by atoms with Crippen LogP contribution in [0.5, 0.6) is 0 Å². The minimum absolute atomic E-state index is 0.0717. The summed E-state index contributed by atoms with van der Waals surface area (Å²) in [4.78, 5) is 0. The molecular weight excluding hydrogens is 308 g/mol. The first-order valence-electron chi connectivity index (χ1n) is 10.7. The molecule has 0 aliphatic heterocycles. The summed E-state index contributed by atoms with van der Waals surface area (Å²) in [5.41, 5.74) is 3.79. The molecule has 2 heteroatoms. The van der Waals surface area contributed by atoms with E-state index in [1.165, 1.54) is 37.9 Å². The number of allylic oxidation sites excluding steroid dienone is 4. The fourth-order valence-corrected chi connectivity index (χ4v) is 7.17. The lowest BCUT2D eigenvalue weighted by atomic mass is 9.47. The Labute approximate surface area is 153 Å². The molecule has 2 saturated carbocycles. The Morgan fingerprint density at radius 3 is 2.64 bits per heavy atom. The largest absolute Gasteiger partial charge is 0.498 e. The van der Waals surface area contributed by atoms with Crippen LogP contribution in [0.3, 0.4) is 0 Å². The molecule has 1 N–H and O–H groups in total. The summed E-state index contributed by atoms with van der Waals surface area (Å²) in [5.74, 6) is 3.50. The first-order valence-corrected chi connectivity index (χ1v) is 10.7. The fourth-order valence-electron chi connectivity index (χ4n) is 7.17. The van der Waals surface area contributed by atoms with Gasteiger partial charge >= 0.3 is 0 Å². The summed E-state index contributed by atoms with van der Waals surface area (Å²) in [6.45, 7) is 10.1. The summed E-state index contributed by atoms with van der Waals surface area (Å²) in [6.07, 6.45) is 11.9. The maximum Gasteiger partial charge on any atom is 0.0962 e. The van der Waals surface area contributed by atoms with Crippen molar-refractivity contribution in [3.63, 3.8) is 0 Å². The monoisotopic (exact) mass is 344 g/mol. The lowest BCUT2D eigenvalue weighted by molar-refractivity contribution is -0.0655. The van der Waals surface area contributed by atoms with Gasteiger partial charge in [0.1, 0.15) is 0 Å². The highest BCUT2D eigenvalue weighted by molar-refractivity contribution is 5.40. The molecule has 0 radical (unpaired) electrons. The number of ether oxygens (including phenoxy) is 1. The standard InChI is InChI=1S/C23H36O2/c1-5-15-13-17-18-7-8-21(24)23(18,4)12-10-19(17)22(3)11-9-16(25-6-2)14-20(15)22/h14,17-19,21,24H,5-13H2,1-4H3. The molecule has 140 valence electrons. The third-order valence-electron chi connectivity index (χ3n) is 8.64. The van der Waals surface area contributed by atoms with Gasteiger partial charge in [0.25, 0.3) is 0 Å². The Balaban J connectivity index is 1.74. The molecule has 0 aromatic heterocycles. The molecule has 6 atom stereocenters. The Hall–Kier alpha value is -0.760. The topological polar surface area (TPSA) is 29.5 Å². The second kappa shape index (κ2) is 6.15. The van der Waals surface area contributed by atoms with Crippen LogP contribution < -0.4 is 0 Å². The average Bonchev–Trinajstić information content (AvgIpc) is 2.90. The van der Waals surface area contributed by atoms with Gasteiger partial charge in [-0.3, -0.25) is 0 Å². The molecule has 25 heavy (non-hydrogen) atoms. The zero-order chi connectivity index (χ0) is 17.8. The van der Waals surface area contributed by atoms with Crippen molar-refractivity contribution in [2.24, 2.45) is 28.6 Å². The van der Waals surface area contributed by atoms with Gasteiger partial charge in [0.05, 0.1) is 18.5 Å². The van der Waals surface area contributed by atoms with Gasteiger partial charge in [-0.05, 0) is 92.1 Å². The van der Waals surface area contributed by atoms with Crippen LogP contribution in [0.15, 0.2) is 23.0 Å². The molecule has 2 fully saturated rings. The number of hydrogen-bond donors (Lipinski definition) is 1. The molecule has 0 heterocycles. The van der Waals surface area contributed by atoms with Crippen LogP contribution in [0.2, 0.25) is 0 Å². The van der Waals surface area contributed by atoms with Crippen molar-refractivity contribution in [3.05, 3.63) is 23.0 Å². The number of rotatable bonds is 3. The molecule has 0 spiro atoms. The Morgan fingerprint density at radius 1 is 1.12 bits per heavy atom. The predicted octanol–water partition coefficient (Wildman–Crippen LogP) is 5.62. The van der Waals surface area contributed by atoms with Crippen LogP contribution in [0, 0.1) is 28.6 Å². The summed E-state index contributed by atoms with van der Waals surface area (Å²) < 4.78 is 5.90. The van der Waals surface area contributed by atoms with Crippen molar-refractivity contribution in [2.45, 2.75) is 85.2 Å². The second-order valence-electron chi connectivity index (χ2n) is 9.55. The minimum atomic E-state index is -0.0717. The number of fused-ring (bicyclic) bond motifs is 5. The second-order valence-corrected chi connectivity index (χ2v) is 9.55. The van der Waals surface area contributed by atoms with Crippen LogP contribution in [0.25, 0.3) is 0 Å². The van der Waals surface area contributed by atoms with Gasteiger partial charge in [-0.25, -0.2) is 0 Å². The van der Waals surface area contributed by atoms with Crippen molar-refractivity contribution in [1.29, 1.82) is 0 Å². The van der Waals surface area contributed by atoms with Crippen LogP contribution >= 0.6 is 0 Å². The van der Waals surface area contributed by atoms with Gasteiger partial charge in [0.2, 0.25) is 0 Å². The maximum atomic E-state index is 10.6. The van der Waals surface area contributed by atoms with Crippen LogP contribution in [-0.2, 0) is 4.74 Å². The van der Waals surface area contributed by atoms with E-state index in [1.54, 1.807) is 11.1 Å². The molecule has 0 bridgehead atoms. The summed E-state index contributed by atoms with van der Waals surface area (Å²) in [7, 11) is 0. The maximum absolute atomic E-state index is 10.6. The van der Waals surface area contributed by atoms with E-state index in [2.05, 4.69) is 33.8 Å². The minimum Gasteiger partial charge on any atom is -0.498 e. The van der Waals surface area contributed by atoms with Crippen molar-refractivity contribution >= 4 is 0 Å². The van der Waals surface area contributed by atoms with Gasteiger partial charge in [0, 0.05) is 6.42 Å². The quantitative estimate of drug-likeness (QED) is 0.720. The molecule has 2 nitrogen and oxygen atoms in total. The van der Waals surface area contributed by atoms with Gasteiger partial charge < -0.3 is 9.84 Å². The van der Waals surface area contributed by atoms with Gasteiger partial charge in [-0.1, -0.05) is 26.3 Å². The Kier molecular flexibility index (Phi) is 4.34. The highest BCUT2D eigenvalue weighted by Crippen LogP contribution is 2.65. The molecular formula is C23H36O2. The van der Waals surface area contributed by atoms with E-state index in [-0.39, 0.29) is 11.5 Å². The van der Waals surface area contributed by atoms with Gasteiger partial charge in [-0.15, -0.1) is 0 Å². The average molecular weight is 345 g/mol. The SMILES string of the molecule is CCOC1=CC2=C(CC)CC3C(CCC4(C)C(O)CCC34)C2(C)CC1. The molecule has 0 aromatic rings. The normalized spacial score (nSPS) is 46.2.